The minimum absolute atomic E-state index is 0.00806. The minimum Gasteiger partial charge on any atom is -0.360 e. The van der Waals surface area contributed by atoms with Crippen molar-refractivity contribution in [2.24, 2.45) is 0 Å². The second-order valence-corrected chi connectivity index (χ2v) is 6.96. The van der Waals surface area contributed by atoms with Gasteiger partial charge in [0.2, 0.25) is 0 Å². The summed E-state index contributed by atoms with van der Waals surface area (Å²) in [7, 11) is 0. The van der Waals surface area contributed by atoms with E-state index in [9.17, 15) is 14.9 Å². The van der Waals surface area contributed by atoms with Gasteiger partial charge in [0.15, 0.2) is 6.54 Å². The van der Waals surface area contributed by atoms with Crippen LogP contribution in [0.15, 0.2) is 48.5 Å². The van der Waals surface area contributed by atoms with Crippen LogP contribution < -0.4 is 15.1 Å². The summed E-state index contributed by atoms with van der Waals surface area (Å²) in [5, 5.41) is 14.3. The first-order valence-corrected chi connectivity index (χ1v) is 9.24. The summed E-state index contributed by atoms with van der Waals surface area (Å²) in [6.45, 7) is 4.17. The molecule has 0 aliphatic carbocycles. The number of rotatable bonds is 6. The average molecular weight is 390 g/mol. The summed E-state index contributed by atoms with van der Waals surface area (Å²) in [6, 6.07) is 14.1. The zero-order valence-electron chi connectivity index (χ0n) is 14.9. The van der Waals surface area contributed by atoms with Gasteiger partial charge in [-0.3, -0.25) is 14.9 Å². The molecule has 0 atom stereocenters. The van der Waals surface area contributed by atoms with Crippen molar-refractivity contribution in [1.82, 2.24) is 5.32 Å². The fourth-order valence-electron chi connectivity index (χ4n) is 3.17. The van der Waals surface area contributed by atoms with Crippen molar-refractivity contribution in [2.75, 3.05) is 37.6 Å². The lowest BCUT2D eigenvalue weighted by Crippen LogP contribution is -3.15. The molecule has 0 saturated carbocycles. The lowest BCUT2D eigenvalue weighted by molar-refractivity contribution is -0.892. The molecule has 142 valence electrons. The van der Waals surface area contributed by atoms with Gasteiger partial charge in [-0.05, 0) is 23.8 Å². The van der Waals surface area contributed by atoms with E-state index >= 15 is 0 Å². The summed E-state index contributed by atoms with van der Waals surface area (Å²) in [5.41, 5.74) is 1.98. The SMILES string of the molecule is O=C(C[NH+]1CCN(c2ccc([N+](=O)[O-])cc2)CC1)NCc1ccccc1Cl. The number of carbonyl (C=O) groups is 1. The number of hydrogen-bond donors (Lipinski definition) is 2. The Hall–Kier alpha value is -2.64. The van der Waals surface area contributed by atoms with E-state index in [1.54, 1.807) is 12.1 Å². The topological polar surface area (TPSA) is 79.9 Å². The molecule has 2 aromatic carbocycles. The smallest absolute Gasteiger partial charge is 0.275 e. The number of benzene rings is 2. The van der Waals surface area contributed by atoms with Gasteiger partial charge in [0.1, 0.15) is 0 Å². The molecule has 0 bridgehead atoms. The maximum absolute atomic E-state index is 12.2. The maximum Gasteiger partial charge on any atom is 0.275 e. The highest BCUT2D eigenvalue weighted by atomic mass is 35.5. The molecule has 3 rings (SSSR count). The Morgan fingerprint density at radius 1 is 1.15 bits per heavy atom. The number of piperazine rings is 1. The zero-order chi connectivity index (χ0) is 19.2. The Labute approximate surface area is 162 Å². The number of amides is 1. The molecular formula is C19H22ClN4O3+. The third-order valence-corrected chi connectivity index (χ3v) is 5.11. The quantitative estimate of drug-likeness (QED) is 0.576. The molecular weight excluding hydrogens is 368 g/mol. The number of carbonyl (C=O) groups excluding carboxylic acids is 1. The standard InChI is InChI=1S/C19H21ClN4O3/c20-18-4-2-1-3-15(18)13-21-19(25)14-22-9-11-23(12-10-22)16-5-7-17(8-6-16)24(26)27/h1-8H,9-14H2,(H,21,25)/p+1. The Balaban J connectivity index is 1.44. The predicted octanol–water partition coefficient (Wildman–Crippen LogP) is 1.27. The van der Waals surface area contributed by atoms with Crippen LogP contribution in [0.2, 0.25) is 5.02 Å². The van der Waals surface area contributed by atoms with Gasteiger partial charge in [-0.15, -0.1) is 0 Å². The number of nitrogens with zero attached hydrogens (tertiary/aromatic N) is 2. The largest absolute Gasteiger partial charge is 0.360 e. The predicted molar refractivity (Wildman–Crippen MR) is 104 cm³/mol. The third-order valence-electron chi connectivity index (χ3n) is 4.74. The van der Waals surface area contributed by atoms with Gasteiger partial charge in [-0.1, -0.05) is 29.8 Å². The van der Waals surface area contributed by atoms with Gasteiger partial charge in [-0.25, -0.2) is 0 Å². The van der Waals surface area contributed by atoms with Crippen LogP contribution in [0.1, 0.15) is 5.56 Å². The number of hydrogen-bond acceptors (Lipinski definition) is 4. The van der Waals surface area contributed by atoms with Gasteiger partial charge in [0.25, 0.3) is 11.6 Å². The molecule has 1 aliphatic heterocycles. The van der Waals surface area contributed by atoms with Crippen LogP contribution in [-0.2, 0) is 11.3 Å². The number of non-ortho nitro benzene ring substituents is 1. The molecule has 0 aromatic heterocycles. The zero-order valence-corrected chi connectivity index (χ0v) is 15.6. The summed E-state index contributed by atoms with van der Waals surface area (Å²) in [5.74, 6) is 0.00806. The summed E-state index contributed by atoms with van der Waals surface area (Å²) >= 11 is 6.10. The second-order valence-electron chi connectivity index (χ2n) is 6.56. The highest BCUT2D eigenvalue weighted by Gasteiger charge is 2.22. The van der Waals surface area contributed by atoms with E-state index in [0.717, 1.165) is 37.4 Å². The van der Waals surface area contributed by atoms with Gasteiger partial charge in [0, 0.05) is 29.4 Å². The molecule has 2 N–H and O–H groups in total. The minimum atomic E-state index is -0.396. The second kappa shape index (κ2) is 8.83. The fraction of sp³-hybridized carbons (Fsp3) is 0.316. The van der Waals surface area contributed by atoms with Crippen LogP contribution in [0.25, 0.3) is 0 Å². The van der Waals surface area contributed by atoms with Crippen LogP contribution in [-0.4, -0.2) is 43.6 Å². The highest BCUT2D eigenvalue weighted by molar-refractivity contribution is 6.31. The van der Waals surface area contributed by atoms with Gasteiger partial charge in [-0.2, -0.15) is 0 Å². The Morgan fingerprint density at radius 3 is 2.44 bits per heavy atom. The van der Waals surface area contributed by atoms with Crippen LogP contribution >= 0.6 is 11.6 Å². The third kappa shape index (κ3) is 5.18. The monoisotopic (exact) mass is 389 g/mol. The van der Waals surface area contributed by atoms with Crippen LogP contribution in [0.5, 0.6) is 0 Å². The van der Waals surface area contributed by atoms with Crippen molar-refractivity contribution in [1.29, 1.82) is 0 Å². The van der Waals surface area contributed by atoms with E-state index in [0.29, 0.717) is 18.1 Å². The van der Waals surface area contributed by atoms with Crippen molar-refractivity contribution in [3.8, 4) is 0 Å². The molecule has 1 aliphatic rings. The molecule has 1 amide bonds. The van der Waals surface area contributed by atoms with E-state index in [1.165, 1.54) is 17.0 Å². The molecule has 1 heterocycles. The maximum atomic E-state index is 12.2. The van der Waals surface area contributed by atoms with Gasteiger partial charge < -0.3 is 15.1 Å². The van der Waals surface area contributed by atoms with E-state index in [1.807, 2.05) is 24.3 Å². The van der Waals surface area contributed by atoms with E-state index in [-0.39, 0.29) is 11.6 Å². The molecule has 2 aromatic rings. The first-order chi connectivity index (χ1) is 13.0. The van der Waals surface area contributed by atoms with Crippen molar-refractivity contribution >= 4 is 28.9 Å². The van der Waals surface area contributed by atoms with E-state index in [2.05, 4.69) is 10.2 Å². The molecule has 7 nitrogen and oxygen atoms in total. The molecule has 1 fully saturated rings. The Bertz CT molecular complexity index is 805. The first kappa shape index (κ1) is 19.1. The number of nitro benzene ring substituents is 1. The Kier molecular flexibility index (Phi) is 6.26. The molecule has 0 unspecified atom stereocenters. The van der Waals surface area contributed by atoms with E-state index in [4.69, 9.17) is 11.6 Å². The summed E-state index contributed by atoms with van der Waals surface area (Å²) in [4.78, 5) is 26.0. The molecule has 8 heteroatoms. The van der Waals surface area contributed by atoms with Crippen molar-refractivity contribution in [3.05, 3.63) is 69.2 Å². The van der Waals surface area contributed by atoms with Crippen molar-refractivity contribution < 1.29 is 14.6 Å². The lowest BCUT2D eigenvalue weighted by atomic mass is 10.2. The number of nitrogens with one attached hydrogen (secondary N) is 2. The summed E-state index contributed by atoms with van der Waals surface area (Å²) in [6.07, 6.45) is 0. The molecule has 27 heavy (non-hydrogen) atoms. The van der Waals surface area contributed by atoms with E-state index < -0.39 is 4.92 Å². The van der Waals surface area contributed by atoms with Crippen LogP contribution in [0.4, 0.5) is 11.4 Å². The van der Waals surface area contributed by atoms with Crippen molar-refractivity contribution in [3.63, 3.8) is 0 Å². The van der Waals surface area contributed by atoms with Crippen LogP contribution in [0.3, 0.4) is 0 Å². The number of quaternary nitrogens is 1. The molecule has 0 radical (unpaired) electrons. The normalized spacial score (nSPS) is 14.8. The van der Waals surface area contributed by atoms with Gasteiger partial charge >= 0.3 is 0 Å². The average Bonchev–Trinajstić information content (AvgIpc) is 2.68. The first-order valence-electron chi connectivity index (χ1n) is 8.86. The molecule has 0 spiro atoms. The molecule has 1 saturated heterocycles. The fourth-order valence-corrected chi connectivity index (χ4v) is 3.37. The summed E-state index contributed by atoms with van der Waals surface area (Å²) < 4.78 is 0. The Morgan fingerprint density at radius 2 is 1.81 bits per heavy atom. The lowest BCUT2D eigenvalue weighted by Gasteiger charge is -2.33. The van der Waals surface area contributed by atoms with Crippen molar-refractivity contribution in [2.45, 2.75) is 6.54 Å². The van der Waals surface area contributed by atoms with Gasteiger partial charge in [0.05, 0.1) is 31.1 Å². The number of anilines is 1. The highest BCUT2D eigenvalue weighted by Crippen LogP contribution is 2.19. The number of nitro groups is 1. The van der Waals surface area contributed by atoms with Crippen LogP contribution in [0, 0.1) is 10.1 Å². The number of halogens is 1.